The summed E-state index contributed by atoms with van der Waals surface area (Å²) in [5.74, 6) is 0.477. The van der Waals surface area contributed by atoms with Crippen molar-refractivity contribution in [1.29, 1.82) is 0 Å². The summed E-state index contributed by atoms with van der Waals surface area (Å²) in [5.41, 5.74) is 2.12. The highest BCUT2D eigenvalue weighted by Gasteiger charge is 2.10. The van der Waals surface area contributed by atoms with Gasteiger partial charge in [0.15, 0.2) is 5.78 Å². The number of carbonyl (C=O) groups excluding carboxylic acids is 1. The molecular formula is C15H16N2O2. The van der Waals surface area contributed by atoms with E-state index in [0.29, 0.717) is 17.1 Å². The van der Waals surface area contributed by atoms with Crippen molar-refractivity contribution in [1.82, 2.24) is 9.55 Å². The Morgan fingerprint density at radius 3 is 2.58 bits per heavy atom. The molecule has 0 amide bonds. The first-order valence-electron chi connectivity index (χ1n) is 6.12. The third-order valence-electron chi connectivity index (χ3n) is 2.97. The first-order valence-corrected chi connectivity index (χ1v) is 6.12. The maximum absolute atomic E-state index is 12.2. The van der Waals surface area contributed by atoms with E-state index in [2.05, 4.69) is 4.98 Å². The van der Waals surface area contributed by atoms with Gasteiger partial charge in [0.1, 0.15) is 5.82 Å². The van der Waals surface area contributed by atoms with Crippen molar-refractivity contribution in [3.63, 3.8) is 0 Å². The van der Waals surface area contributed by atoms with E-state index in [1.807, 2.05) is 25.1 Å². The van der Waals surface area contributed by atoms with Gasteiger partial charge in [-0.05, 0) is 26.8 Å². The molecule has 2 rings (SSSR count). The van der Waals surface area contributed by atoms with Crippen LogP contribution in [0.2, 0.25) is 0 Å². The standard InChI is InChI=1S/C15H16N2O2/c1-10-5-4-6-13(7-10)14(18)9-17-12(3)16-11(2)8-15(17)19/h4-8H,9H2,1-3H3. The van der Waals surface area contributed by atoms with E-state index in [1.165, 1.54) is 10.6 Å². The lowest BCUT2D eigenvalue weighted by Gasteiger charge is -2.09. The molecule has 1 aromatic heterocycles. The first-order chi connectivity index (χ1) is 8.97. The Morgan fingerprint density at radius 2 is 1.95 bits per heavy atom. The molecule has 19 heavy (non-hydrogen) atoms. The molecule has 0 saturated heterocycles. The molecular weight excluding hydrogens is 240 g/mol. The zero-order valence-electron chi connectivity index (χ0n) is 11.3. The van der Waals surface area contributed by atoms with Crippen LogP contribution in [0.1, 0.15) is 27.4 Å². The molecule has 0 unspecified atom stereocenters. The van der Waals surface area contributed by atoms with E-state index < -0.39 is 0 Å². The molecule has 0 bridgehead atoms. The monoisotopic (exact) mass is 256 g/mol. The summed E-state index contributed by atoms with van der Waals surface area (Å²) in [4.78, 5) is 28.2. The van der Waals surface area contributed by atoms with Gasteiger partial charge in [0.25, 0.3) is 5.56 Å². The fraction of sp³-hybridized carbons (Fsp3) is 0.267. The van der Waals surface area contributed by atoms with Gasteiger partial charge < -0.3 is 0 Å². The third kappa shape index (κ3) is 2.96. The van der Waals surface area contributed by atoms with Gasteiger partial charge >= 0.3 is 0 Å². The number of nitrogens with zero attached hydrogens (tertiary/aromatic N) is 2. The zero-order valence-corrected chi connectivity index (χ0v) is 11.3. The van der Waals surface area contributed by atoms with Gasteiger partial charge in [-0.3, -0.25) is 14.2 Å². The van der Waals surface area contributed by atoms with E-state index in [1.54, 1.807) is 19.9 Å². The van der Waals surface area contributed by atoms with Crippen molar-refractivity contribution in [3.8, 4) is 0 Å². The predicted octanol–water partition coefficient (Wildman–Crippen LogP) is 2.05. The highest BCUT2D eigenvalue weighted by molar-refractivity contribution is 5.96. The average Bonchev–Trinajstić information content (AvgIpc) is 2.33. The first kappa shape index (κ1) is 13.2. The Kier molecular flexibility index (Phi) is 3.60. The minimum Gasteiger partial charge on any atom is -0.292 e. The lowest BCUT2D eigenvalue weighted by molar-refractivity contribution is 0.0969. The summed E-state index contributed by atoms with van der Waals surface area (Å²) in [6.45, 7) is 5.46. The summed E-state index contributed by atoms with van der Waals surface area (Å²) < 4.78 is 1.40. The maximum Gasteiger partial charge on any atom is 0.254 e. The number of rotatable bonds is 3. The maximum atomic E-state index is 12.2. The van der Waals surface area contributed by atoms with E-state index >= 15 is 0 Å². The molecule has 0 spiro atoms. The van der Waals surface area contributed by atoms with Crippen molar-refractivity contribution in [2.75, 3.05) is 0 Å². The summed E-state index contributed by atoms with van der Waals surface area (Å²) in [6.07, 6.45) is 0. The second-order valence-corrected chi connectivity index (χ2v) is 4.66. The van der Waals surface area contributed by atoms with Crippen LogP contribution in [0.5, 0.6) is 0 Å². The van der Waals surface area contributed by atoms with Crippen LogP contribution in [0.3, 0.4) is 0 Å². The molecule has 4 nitrogen and oxygen atoms in total. The molecule has 0 N–H and O–H groups in total. The molecule has 0 aliphatic rings. The minimum absolute atomic E-state index is 0.0292. The molecule has 98 valence electrons. The summed E-state index contributed by atoms with van der Waals surface area (Å²) in [6, 6.07) is 8.80. The quantitative estimate of drug-likeness (QED) is 0.790. The van der Waals surface area contributed by atoms with Crippen LogP contribution < -0.4 is 5.56 Å². The molecule has 4 heteroatoms. The van der Waals surface area contributed by atoms with Crippen molar-refractivity contribution in [3.05, 3.63) is 63.3 Å². The van der Waals surface area contributed by atoms with Gasteiger partial charge in [0.2, 0.25) is 0 Å². The number of benzene rings is 1. The lowest BCUT2D eigenvalue weighted by Crippen LogP contribution is -2.27. The van der Waals surface area contributed by atoms with Crippen molar-refractivity contribution >= 4 is 5.78 Å². The zero-order chi connectivity index (χ0) is 14.0. The normalized spacial score (nSPS) is 10.5. The highest BCUT2D eigenvalue weighted by atomic mass is 16.1. The molecule has 0 radical (unpaired) electrons. The Labute approximate surface area is 111 Å². The number of aryl methyl sites for hydroxylation is 3. The predicted molar refractivity (Wildman–Crippen MR) is 73.5 cm³/mol. The second-order valence-electron chi connectivity index (χ2n) is 4.66. The van der Waals surface area contributed by atoms with Crippen LogP contribution >= 0.6 is 0 Å². The molecule has 1 heterocycles. The number of hydrogen-bond acceptors (Lipinski definition) is 3. The van der Waals surface area contributed by atoms with E-state index in [0.717, 1.165) is 5.56 Å². The van der Waals surface area contributed by atoms with Gasteiger partial charge in [0.05, 0.1) is 6.54 Å². The van der Waals surface area contributed by atoms with Crippen molar-refractivity contribution in [2.45, 2.75) is 27.3 Å². The number of carbonyl (C=O) groups is 1. The van der Waals surface area contributed by atoms with Crippen LogP contribution in [0.15, 0.2) is 35.1 Å². The number of ketones is 1. The smallest absolute Gasteiger partial charge is 0.254 e. The van der Waals surface area contributed by atoms with Gasteiger partial charge in [-0.15, -0.1) is 0 Å². The summed E-state index contributed by atoms with van der Waals surface area (Å²) >= 11 is 0. The molecule has 0 aliphatic carbocycles. The Bertz CT molecular complexity index is 687. The highest BCUT2D eigenvalue weighted by Crippen LogP contribution is 2.06. The topological polar surface area (TPSA) is 52.0 Å². The second kappa shape index (κ2) is 5.18. The van der Waals surface area contributed by atoms with Crippen LogP contribution in [0, 0.1) is 20.8 Å². The SMILES string of the molecule is Cc1cccc(C(=O)Cn2c(C)nc(C)cc2=O)c1. The van der Waals surface area contributed by atoms with Gasteiger partial charge in [-0.1, -0.05) is 23.8 Å². The molecule has 0 atom stereocenters. The van der Waals surface area contributed by atoms with Crippen molar-refractivity contribution < 1.29 is 4.79 Å². The fourth-order valence-corrected chi connectivity index (χ4v) is 2.01. The molecule has 1 aromatic carbocycles. The van der Waals surface area contributed by atoms with Gasteiger partial charge in [-0.2, -0.15) is 0 Å². The number of aromatic nitrogens is 2. The molecule has 0 saturated carbocycles. The Balaban J connectivity index is 2.32. The van der Waals surface area contributed by atoms with Gasteiger partial charge in [-0.25, -0.2) is 4.98 Å². The Morgan fingerprint density at radius 1 is 1.21 bits per heavy atom. The number of Topliss-reactive ketones (excluding diaryl/α,β-unsaturated/α-hetero) is 1. The van der Waals surface area contributed by atoms with Crippen LogP contribution in [0.4, 0.5) is 0 Å². The molecule has 0 fully saturated rings. The van der Waals surface area contributed by atoms with E-state index in [-0.39, 0.29) is 17.9 Å². The fourth-order valence-electron chi connectivity index (χ4n) is 2.01. The molecule has 2 aromatic rings. The Hall–Kier alpha value is -2.23. The minimum atomic E-state index is -0.189. The number of hydrogen-bond donors (Lipinski definition) is 0. The van der Waals surface area contributed by atoms with Crippen LogP contribution in [-0.4, -0.2) is 15.3 Å². The van der Waals surface area contributed by atoms with Crippen molar-refractivity contribution in [2.24, 2.45) is 0 Å². The largest absolute Gasteiger partial charge is 0.292 e. The van der Waals surface area contributed by atoms with Gasteiger partial charge in [0, 0.05) is 17.3 Å². The average molecular weight is 256 g/mol. The van der Waals surface area contributed by atoms with E-state index in [4.69, 9.17) is 0 Å². The van der Waals surface area contributed by atoms with Crippen LogP contribution in [-0.2, 0) is 6.54 Å². The lowest BCUT2D eigenvalue weighted by atomic mass is 10.1. The van der Waals surface area contributed by atoms with Crippen LogP contribution in [0.25, 0.3) is 0 Å². The third-order valence-corrected chi connectivity index (χ3v) is 2.97. The molecule has 0 aliphatic heterocycles. The van der Waals surface area contributed by atoms with E-state index in [9.17, 15) is 9.59 Å². The summed E-state index contributed by atoms with van der Waals surface area (Å²) in [5, 5.41) is 0. The summed E-state index contributed by atoms with van der Waals surface area (Å²) in [7, 11) is 0.